The maximum Gasteiger partial charge on any atom is 0.218 e. The van der Waals surface area contributed by atoms with Crippen molar-refractivity contribution in [2.75, 3.05) is 6.54 Å². The predicted molar refractivity (Wildman–Crippen MR) is 52.9 cm³/mol. The van der Waals surface area contributed by atoms with Gasteiger partial charge in [0.25, 0.3) is 0 Å². The Hall–Kier alpha value is -0.570. The summed E-state index contributed by atoms with van der Waals surface area (Å²) in [5, 5.41) is 0. The summed E-state index contributed by atoms with van der Waals surface area (Å²) in [4.78, 5) is 10.9. The molecule has 0 aromatic heterocycles. The van der Waals surface area contributed by atoms with Crippen molar-refractivity contribution < 1.29 is 4.79 Å². The van der Waals surface area contributed by atoms with Gasteiger partial charge in [0, 0.05) is 6.42 Å². The van der Waals surface area contributed by atoms with Crippen LogP contribution in [0.1, 0.15) is 39.0 Å². The summed E-state index contributed by atoms with van der Waals surface area (Å²) in [7, 11) is 0. The minimum absolute atomic E-state index is 0.0261. The summed E-state index contributed by atoms with van der Waals surface area (Å²) in [6.07, 6.45) is 4.96. The first kappa shape index (κ1) is 10.5. The lowest BCUT2D eigenvalue weighted by molar-refractivity contribution is -0.120. The number of carbonyl (C=O) groups is 1. The van der Waals surface area contributed by atoms with Crippen LogP contribution in [0.15, 0.2) is 0 Å². The summed E-state index contributed by atoms with van der Waals surface area (Å²) in [5.41, 5.74) is 11.0. The van der Waals surface area contributed by atoms with Crippen molar-refractivity contribution in [1.29, 1.82) is 0 Å². The molecule has 1 rings (SSSR count). The molecule has 0 aromatic rings. The van der Waals surface area contributed by atoms with E-state index < -0.39 is 0 Å². The van der Waals surface area contributed by atoms with Gasteiger partial charge in [0.1, 0.15) is 0 Å². The molecule has 1 aliphatic rings. The zero-order valence-electron chi connectivity index (χ0n) is 8.38. The van der Waals surface area contributed by atoms with Gasteiger partial charge in [-0.25, -0.2) is 0 Å². The second-order valence-corrected chi connectivity index (χ2v) is 4.53. The van der Waals surface area contributed by atoms with E-state index in [1.54, 1.807) is 0 Å². The monoisotopic (exact) mass is 184 g/mol. The van der Waals surface area contributed by atoms with Crippen LogP contribution in [0.5, 0.6) is 0 Å². The van der Waals surface area contributed by atoms with E-state index in [-0.39, 0.29) is 11.3 Å². The summed E-state index contributed by atoms with van der Waals surface area (Å²) in [6, 6.07) is 0. The largest absolute Gasteiger partial charge is 0.370 e. The van der Waals surface area contributed by atoms with Crippen molar-refractivity contribution in [2.24, 2.45) is 22.8 Å². The Balaban J connectivity index is 2.55. The van der Waals surface area contributed by atoms with Crippen molar-refractivity contribution in [3.8, 4) is 0 Å². The first-order valence-electron chi connectivity index (χ1n) is 5.06. The van der Waals surface area contributed by atoms with Gasteiger partial charge in [-0.05, 0) is 30.7 Å². The molecule has 1 aliphatic carbocycles. The maximum atomic E-state index is 10.9. The molecular weight excluding hydrogens is 164 g/mol. The number of carbonyl (C=O) groups excluding carboxylic acids is 1. The van der Waals surface area contributed by atoms with Gasteiger partial charge < -0.3 is 11.5 Å². The molecule has 76 valence electrons. The molecule has 0 spiro atoms. The lowest BCUT2D eigenvalue weighted by Gasteiger charge is -2.37. The third-order valence-electron chi connectivity index (χ3n) is 3.32. The fraction of sp³-hybridized carbons (Fsp3) is 0.900. The van der Waals surface area contributed by atoms with Crippen LogP contribution in [0.2, 0.25) is 0 Å². The summed E-state index contributed by atoms with van der Waals surface area (Å²) >= 11 is 0. The number of amides is 1. The Labute approximate surface area is 79.9 Å². The van der Waals surface area contributed by atoms with Gasteiger partial charge in [-0.1, -0.05) is 19.8 Å². The SMILES string of the molecule is CC1CCC(CN)(CC(N)=O)CC1. The molecule has 0 aromatic carbocycles. The highest BCUT2D eigenvalue weighted by atomic mass is 16.1. The molecule has 0 unspecified atom stereocenters. The summed E-state index contributed by atoms with van der Waals surface area (Å²) in [6.45, 7) is 2.85. The van der Waals surface area contributed by atoms with Crippen LogP contribution in [0.25, 0.3) is 0 Å². The topological polar surface area (TPSA) is 69.1 Å². The second kappa shape index (κ2) is 4.09. The molecular formula is C10H20N2O. The van der Waals surface area contributed by atoms with E-state index in [0.29, 0.717) is 13.0 Å². The molecule has 0 atom stereocenters. The van der Waals surface area contributed by atoms with Crippen LogP contribution in [0.3, 0.4) is 0 Å². The highest BCUT2D eigenvalue weighted by molar-refractivity contribution is 5.74. The molecule has 0 saturated heterocycles. The smallest absolute Gasteiger partial charge is 0.218 e. The van der Waals surface area contributed by atoms with Gasteiger partial charge >= 0.3 is 0 Å². The Morgan fingerprint density at radius 1 is 1.46 bits per heavy atom. The fourth-order valence-corrected chi connectivity index (χ4v) is 2.20. The fourth-order valence-electron chi connectivity index (χ4n) is 2.20. The molecule has 0 aliphatic heterocycles. The van der Waals surface area contributed by atoms with Gasteiger partial charge in [-0.2, -0.15) is 0 Å². The summed E-state index contributed by atoms with van der Waals surface area (Å²) < 4.78 is 0. The average Bonchev–Trinajstić information content (AvgIpc) is 2.09. The summed E-state index contributed by atoms with van der Waals surface area (Å²) in [5.74, 6) is 0.576. The van der Waals surface area contributed by atoms with Crippen LogP contribution in [0.4, 0.5) is 0 Å². The number of primary amides is 1. The third kappa shape index (κ3) is 2.69. The number of nitrogens with two attached hydrogens (primary N) is 2. The quantitative estimate of drug-likeness (QED) is 0.687. The minimum Gasteiger partial charge on any atom is -0.370 e. The van der Waals surface area contributed by atoms with Gasteiger partial charge in [-0.15, -0.1) is 0 Å². The molecule has 3 nitrogen and oxygen atoms in total. The molecule has 13 heavy (non-hydrogen) atoms. The van der Waals surface area contributed by atoms with Gasteiger partial charge in [0.15, 0.2) is 0 Å². The van der Waals surface area contributed by atoms with Crippen molar-refractivity contribution in [3.63, 3.8) is 0 Å². The molecule has 1 fully saturated rings. The zero-order chi connectivity index (χ0) is 9.90. The Morgan fingerprint density at radius 2 is 2.00 bits per heavy atom. The van der Waals surface area contributed by atoms with Gasteiger partial charge in [0.2, 0.25) is 5.91 Å². The lowest BCUT2D eigenvalue weighted by Crippen LogP contribution is -2.38. The molecule has 3 heteroatoms. The van der Waals surface area contributed by atoms with E-state index in [4.69, 9.17) is 11.5 Å². The first-order chi connectivity index (χ1) is 6.08. The van der Waals surface area contributed by atoms with Crippen molar-refractivity contribution in [1.82, 2.24) is 0 Å². The van der Waals surface area contributed by atoms with E-state index in [2.05, 4.69) is 6.92 Å². The zero-order valence-corrected chi connectivity index (χ0v) is 8.38. The number of hydrogen-bond donors (Lipinski definition) is 2. The maximum absolute atomic E-state index is 10.9. The second-order valence-electron chi connectivity index (χ2n) is 4.53. The van der Waals surface area contributed by atoms with Crippen molar-refractivity contribution in [3.05, 3.63) is 0 Å². The first-order valence-corrected chi connectivity index (χ1v) is 5.06. The highest BCUT2D eigenvalue weighted by Gasteiger charge is 2.34. The third-order valence-corrected chi connectivity index (χ3v) is 3.32. The van der Waals surface area contributed by atoms with Crippen LogP contribution in [-0.2, 0) is 4.79 Å². The van der Waals surface area contributed by atoms with Crippen LogP contribution in [0, 0.1) is 11.3 Å². The molecule has 4 N–H and O–H groups in total. The molecule has 1 amide bonds. The van der Waals surface area contributed by atoms with Crippen molar-refractivity contribution in [2.45, 2.75) is 39.0 Å². The van der Waals surface area contributed by atoms with E-state index in [1.807, 2.05) is 0 Å². The molecule has 0 bridgehead atoms. The van der Waals surface area contributed by atoms with Crippen LogP contribution in [-0.4, -0.2) is 12.5 Å². The number of hydrogen-bond acceptors (Lipinski definition) is 2. The van der Waals surface area contributed by atoms with E-state index >= 15 is 0 Å². The van der Waals surface area contributed by atoms with E-state index in [9.17, 15) is 4.79 Å². The average molecular weight is 184 g/mol. The van der Waals surface area contributed by atoms with Crippen molar-refractivity contribution >= 4 is 5.91 Å². The standard InChI is InChI=1S/C10H20N2O/c1-8-2-4-10(7-11,5-3-8)6-9(12)13/h8H,2-7,11H2,1H3,(H2,12,13). The van der Waals surface area contributed by atoms with E-state index in [1.165, 1.54) is 12.8 Å². The van der Waals surface area contributed by atoms with Gasteiger partial charge in [0.05, 0.1) is 0 Å². The Morgan fingerprint density at radius 3 is 2.38 bits per heavy atom. The molecule has 0 radical (unpaired) electrons. The lowest BCUT2D eigenvalue weighted by atomic mass is 9.69. The minimum atomic E-state index is -0.208. The molecule has 0 heterocycles. The van der Waals surface area contributed by atoms with Crippen LogP contribution < -0.4 is 11.5 Å². The van der Waals surface area contributed by atoms with Crippen LogP contribution >= 0.6 is 0 Å². The Kier molecular flexibility index (Phi) is 3.31. The Bertz CT molecular complexity index is 183. The van der Waals surface area contributed by atoms with E-state index in [0.717, 1.165) is 18.8 Å². The normalized spacial score (nSPS) is 34.5. The van der Waals surface area contributed by atoms with Gasteiger partial charge in [-0.3, -0.25) is 4.79 Å². The number of rotatable bonds is 3. The predicted octanol–water partition coefficient (Wildman–Crippen LogP) is 1.02. The highest BCUT2D eigenvalue weighted by Crippen LogP contribution is 2.40. The molecule has 1 saturated carbocycles.